The van der Waals surface area contributed by atoms with Gasteiger partial charge in [-0.15, -0.1) is 0 Å². The molecule has 0 fully saturated rings. The van der Waals surface area contributed by atoms with E-state index in [1.54, 1.807) is 24.3 Å². The number of carbonyl (C=O) groups excluding carboxylic acids is 4. The van der Waals surface area contributed by atoms with Crippen LogP contribution in [0.5, 0.6) is 23.0 Å². The van der Waals surface area contributed by atoms with Crippen molar-refractivity contribution in [3.8, 4) is 23.0 Å². The maximum Gasteiger partial charge on any atom is 0.330 e. The van der Waals surface area contributed by atoms with Crippen LogP contribution in [0.2, 0.25) is 0 Å². The summed E-state index contributed by atoms with van der Waals surface area (Å²) in [7, 11) is 5.38. The predicted molar refractivity (Wildman–Crippen MR) is 283 cm³/mol. The molecule has 12 nitrogen and oxygen atoms in total. The zero-order valence-corrected chi connectivity index (χ0v) is 43.5. The van der Waals surface area contributed by atoms with Crippen molar-refractivity contribution in [1.29, 1.82) is 0 Å². The Labute approximate surface area is 426 Å². The molecule has 0 atom stereocenters. The highest BCUT2D eigenvalue weighted by Crippen LogP contribution is 2.42. The first-order valence-corrected chi connectivity index (χ1v) is 25.2. The van der Waals surface area contributed by atoms with Crippen LogP contribution in [0.25, 0.3) is 24.3 Å². The van der Waals surface area contributed by atoms with Crippen LogP contribution in [-0.4, -0.2) is 78.7 Å². The summed E-state index contributed by atoms with van der Waals surface area (Å²) >= 11 is 0. The fraction of sp³-hybridized carbons (Fsp3) is 0.400. The summed E-state index contributed by atoms with van der Waals surface area (Å²) in [6, 6.07) is 16.2. The second-order valence-electron chi connectivity index (χ2n) is 17.6. The van der Waals surface area contributed by atoms with E-state index in [1.807, 2.05) is 48.5 Å². The SMILES string of the molecule is CCCCOc1c2cc(/C=C/C(=O)OC)cc1Cc1cc(/C=C/C(=O)OC)cc(c1OCCCC)Cc1cc(/C=C/C(=O)OC)cc(c1OCCCC)Cc1cc(/C=C/C(=O)OC)cc(c1OCCCC)C2. The lowest BCUT2D eigenvalue weighted by molar-refractivity contribution is -0.135. The van der Waals surface area contributed by atoms with E-state index in [-0.39, 0.29) is 0 Å². The first-order valence-electron chi connectivity index (χ1n) is 25.2. The number of unbranched alkanes of at least 4 members (excludes halogenated alkanes) is 4. The zero-order chi connectivity index (χ0) is 51.8. The number of hydrogen-bond donors (Lipinski definition) is 0. The number of carbonyl (C=O) groups is 4. The van der Waals surface area contributed by atoms with Gasteiger partial charge in [0.1, 0.15) is 23.0 Å². The first-order chi connectivity index (χ1) is 35.0. The molecule has 0 radical (unpaired) electrons. The fourth-order valence-corrected chi connectivity index (χ4v) is 8.33. The average molecular weight is 985 g/mol. The summed E-state index contributed by atoms with van der Waals surface area (Å²) in [6.45, 7) is 10.3. The van der Waals surface area contributed by atoms with E-state index in [0.29, 0.717) is 75.1 Å². The lowest BCUT2D eigenvalue weighted by atomic mass is 9.88. The maximum absolute atomic E-state index is 12.6. The highest BCUT2D eigenvalue weighted by atomic mass is 16.5. The van der Waals surface area contributed by atoms with Crippen LogP contribution < -0.4 is 18.9 Å². The number of esters is 4. The maximum atomic E-state index is 12.6. The number of methoxy groups -OCH3 is 4. The lowest BCUT2D eigenvalue weighted by Crippen LogP contribution is -2.11. The van der Waals surface area contributed by atoms with Crippen molar-refractivity contribution >= 4 is 48.2 Å². The van der Waals surface area contributed by atoms with Crippen molar-refractivity contribution < 1.29 is 57.1 Å². The van der Waals surface area contributed by atoms with Gasteiger partial charge in [-0.25, -0.2) is 19.2 Å². The van der Waals surface area contributed by atoms with E-state index in [0.717, 1.165) is 118 Å². The van der Waals surface area contributed by atoms with E-state index in [4.69, 9.17) is 37.9 Å². The first kappa shape index (κ1) is 55.8. The van der Waals surface area contributed by atoms with Crippen LogP contribution >= 0.6 is 0 Å². The number of ether oxygens (including phenoxy) is 8. The van der Waals surface area contributed by atoms with Gasteiger partial charge in [0.15, 0.2) is 0 Å². The summed E-state index contributed by atoms with van der Waals surface area (Å²) in [5.74, 6) is 0.783. The molecule has 5 rings (SSSR count). The molecule has 72 heavy (non-hydrogen) atoms. The third kappa shape index (κ3) is 16.5. The Morgan fingerprint density at radius 3 is 0.681 bits per heavy atom. The molecular weight excluding hydrogens is 913 g/mol. The Hall–Kier alpha value is -7.08. The second-order valence-corrected chi connectivity index (χ2v) is 17.6. The minimum absolute atomic E-state index is 0.336. The summed E-state index contributed by atoms with van der Waals surface area (Å²) in [5.41, 5.74) is 9.74. The molecule has 4 aromatic carbocycles. The number of benzene rings is 4. The summed E-state index contributed by atoms with van der Waals surface area (Å²) < 4.78 is 47.6. The van der Waals surface area contributed by atoms with Gasteiger partial charge in [-0.3, -0.25) is 0 Å². The van der Waals surface area contributed by atoms with Gasteiger partial charge in [0.2, 0.25) is 0 Å². The second kappa shape index (κ2) is 29.3. The molecule has 1 aliphatic rings. The van der Waals surface area contributed by atoms with Crippen molar-refractivity contribution in [2.75, 3.05) is 54.9 Å². The van der Waals surface area contributed by atoms with Gasteiger partial charge in [0.05, 0.1) is 54.9 Å². The predicted octanol–water partition coefficient (Wildman–Crippen LogP) is 11.8. The summed E-state index contributed by atoms with van der Waals surface area (Å²) in [4.78, 5) is 50.5. The molecule has 12 heteroatoms. The van der Waals surface area contributed by atoms with Crippen LogP contribution in [-0.2, 0) is 63.8 Å². The number of fused-ring (bicyclic) bond motifs is 8. The van der Waals surface area contributed by atoms with Crippen LogP contribution in [0, 0.1) is 0 Å². The Balaban J connectivity index is 2.01. The van der Waals surface area contributed by atoms with Crippen molar-refractivity contribution in [2.24, 2.45) is 0 Å². The monoisotopic (exact) mass is 985 g/mol. The topological polar surface area (TPSA) is 142 Å². The van der Waals surface area contributed by atoms with E-state index in [2.05, 4.69) is 27.7 Å². The molecule has 0 N–H and O–H groups in total. The van der Waals surface area contributed by atoms with Gasteiger partial charge in [-0.2, -0.15) is 0 Å². The van der Waals surface area contributed by atoms with E-state index >= 15 is 0 Å². The van der Waals surface area contributed by atoms with Crippen molar-refractivity contribution in [3.05, 3.63) is 140 Å². The van der Waals surface area contributed by atoms with Gasteiger partial charge in [0.25, 0.3) is 0 Å². The highest BCUT2D eigenvalue weighted by molar-refractivity contribution is 5.89. The van der Waals surface area contributed by atoms with Gasteiger partial charge >= 0.3 is 23.9 Å². The smallest absolute Gasteiger partial charge is 0.330 e. The molecule has 0 aromatic heterocycles. The quantitative estimate of drug-likeness (QED) is 0.0251. The van der Waals surface area contributed by atoms with Gasteiger partial charge in [-0.05, 0) is 165 Å². The molecule has 4 aromatic rings. The Bertz CT molecular complexity index is 2160. The molecule has 1 aliphatic carbocycles. The molecule has 0 aliphatic heterocycles. The normalized spacial score (nSPS) is 12.3. The Morgan fingerprint density at radius 1 is 0.347 bits per heavy atom. The van der Waals surface area contributed by atoms with Crippen LogP contribution in [0.1, 0.15) is 146 Å². The number of rotatable bonds is 24. The van der Waals surface area contributed by atoms with Crippen molar-refractivity contribution in [1.82, 2.24) is 0 Å². The molecule has 0 saturated heterocycles. The summed E-state index contributed by atoms with van der Waals surface area (Å²) in [6.07, 6.45) is 20.8. The molecule has 0 amide bonds. The molecule has 8 bridgehead atoms. The van der Waals surface area contributed by atoms with E-state index in [9.17, 15) is 19.2 Å². The Morgan fingerprint density at radius 2 is 0.528 bits per heavy atom. The molecule has 0 saturated carbocycles. The van der Waals surface area contributed by atoms with E-state index < -0.39 is 23.9 Å². The third-order valence-electron chi connectivity index (χ3n) is 12.0. The largest absolute Gasteiger partial charge is 0.493 e. The zero-order valence-electron chi connectivity index (χ0n) is 43.5. The minimum Gasteiger partial charge on any atom is -0.493 e. The molecule has 384 valence electrons. The Kier molecular flexibility index (Phi) is 22.7. The fourth-order valence-electron chi connectivity index (χ4n) is 8.33. The van der Waals surface area contributed by atoms with Gasteiger partial charge in [0, 0.05) is 50.0 Å². The average Bonchev–Trinajstić information content (AvgIpc) is 3.38. The highest BCUT2D eigenvalue weighted by Gasteiger charge is 2.24. The third-order valence-corrected chi connectivity index (χ3v) is 12.0. The van der Waals surface area contributed by atoms with Crippen LogP contribution in [0.15, 0.2) is 72.8 Å². The van der Waals surface area contributed by atoms with E-state index in [1.165, 1.54) is 52.7 Å². The lowest BCUT2D eigenvalue weighted by Gasteiger charge is -2.24. The molecule has 0 unspecified atom stereocenters. The van der Waals surface area contributed by atoms with Crippen molar-refractivity contribution in [2.45, 2.75) is 105 Å². The minimum atomic E-state index is -0.497. The van der Waals surface area contributed by atoms with Crippen molar-refractivity contribution in [3.63, 3.8) is 0 Å². The number of hydrogen-bond acceptors (Lipinski definition) is 12. The van der Waals surface area contributed by atoms with Crippen LogP contribution in [0.3, 0.4) is 0 Å². The molecule has 0 spiro atoms. The molecule has 0 heterocycles. The molecular formula is C60H72O12. The summed E-state index contributed by atoms with van der Waals surface area (Å²) in [5, 5.41) is 0. The standard InChI is InChI=1S/C60H72O12/c1-9-13-25-69-57-45-29-41(17-21-53(61)65-5)30-46(57)38-48-32-43(19-23-55(63)67-7)34-50(59(48)71-27-15-11-3)40-52-36-44(20-24-56(64)68-8)35-51(60(52)72-28-16-12-4)39-49-33-42(18-22-54(62)66-6)31-47(37-45)58(49)70-26-14-10-2/h17-24,29-36H,9-16,25-28,37-40H2,1-8H3/b21-17+,22-18+,23-19+,24-20+. The van der Waals surface area contributed by atoms with Crippen LogP contribution in [0.4, 0.5) is 0 Å². The van der Waals surface area contributed by atoms with Gasteiger partial charge < -0.3 is 37.9 Å². The van der Waals surface area contributed by atoms with Gasteiger partial charge in [-0.1, -0.05) is 53.4 Å².